The second-order valence-electron chi connectivity index (χ2n) is 4.71. The maximum Gasteiger partial charge on any atom is 0.0957 e. The zero-order chi connectivity index (χ0) is 13.0. The minimum absolute atomic E-state index is 0.431. The lowest BCUT2D eigenvalue weighted by atomic mass is 10.2. The minimum atomic E-state index is -0.431. The molecule has 1 aliphatic rings. The highest BCUT2D eigenvalue weighted by Crippen LogP contribution is 2.26. The van der Waals surface area contributed by atoms with Gasteiger partial charge in [0.15, 0.2) is 0 Å². The van der Waals surface area contributed by atoms with Crippen molar-refractivity contribution in [3.05, 3.63) is 24.0 Å². The summed E-state index contributed by atoms with van der Waals surface area (Å²) in [5.74, 6) is 1.19. The van der Waals surface area contributed by atoms with Gasteiger partial charge < -0.3 is 10.0 Å². The molecule has 1 fully saturated rings. The second kappa shape index (κ2) is 6.43. The van der Waals surface area contributed by atoms with Crippen LogP contribution < -0.4 is 4.90 Å². The van der Waals surface area contributed by atoms with E-state index in [4.69, 9.17) is 0 Å². The van der Waals surface area contributed by atoms with Crippen LogP contribution in [0.15, 0.2) is 18.3 Å². The summed E-state index contributed by atoms with van der Waals surface area (Å²) in [5, 5.41) is 10.5. The van der Waals surface area contributed by atoms with E-state index in [-0.39, 0.29) is 0 Å². The second-order valence-corrected chi connectivity index (χ2v) is 6.12. The summed E-state index contributed by atoms with van der Waals surface area (Å²) < 4.78 is 0. The van der Waals surface area contributed by atoms with Crippen molar-refractivity contribution < 1.29 is 5.11 Å². The molecule has 0 saturated carbocycles. The van der Waals surface area contributed by atoms with Crippen LogP contribution >= 0.6 is 11.8 Å². The molecule has 0 spiro atoms. The van der Waals surface area contributed by atoms with Crippen LogP contribution in [0.4, 0.5) is 5.69 Å². The first-order valence-electron chi connectivity index (χ1n) is 6.75. The molecule has 0 amide bonds. The molecule has 1 aromatic rings. The van der Waals surface area contributed by atoms with Crippen LogP contribution in [0.5, 0.6) is 0 Å². The molecule has 2 atom stereocenters. The summed E-state index contributed by atoms with van der Waals surface area (Å²) >= 11 is 2.07. The van der Waals surface area contributed by atoms with Gasteiger partial charge in [0.05, 0.1) is 23.7 Å². The average Bonchev–Trinajstić information content (AvgIpc) is 2.46. The van der Waals surface area contributed by atoms with E-state index in [9.17, 15) is 5.11 Å². The van der Waals surface area contributed by atoms with Crippen LogP contribution in [-0.2, 0) is 0 Å². The van der Waals surface area contributed by atoms with Crippen molar-refractivity contribution in [2.45, 2.75) is 38.0 Å². The Morgan fingerprint density at radius 1 is 1.50 bits per heavy atom. The molecule has 2 rings (SSSR count). The Hall–Kier alpha value is -0.740. The Bertz CT molecular complexity index is 369. The van der Waals surface area contributed by atoms with E-state index in [2.05, 4.69) is 34.6 Å². The van der Waals surface area contributed by atoms with Crippen molar-refractivity contribution in [2.75, 3.05) is 23.7 Å². The predicted molar refractivity (Wildman–Crippen MR) is 78.2 cm³/mol. The van der Waals surface area contributed by atoms with Gasteiger partial charge in [-0.2, -0.15) is 11.8 Å². The fraction of sp³-hybridized carbons (Fsp3) is 0.643. The Balaban J connectivity index is 2.04. The average molecular weight is 266 g/mol. The largest absolute Gasteiger partial charge is 0.387 e. The van der Waals surface area contributed by atoms with Crippen LogP contribution in [0.2, 0.25) is 0 Å². The highest BCUT2D eigenvalue weighted by molar-refractivity contribution is 8.00. The number of aromatic nitrogens is 1. The van der Waals surface area contributed by atoms with Gasteiger partial charge in [-0.15, -0.1) is 0 Å². The van der Waals surface area contributed by atoms with E-state index in [1.807, 2.05) is 19.2 Å². The molecule has 3 nitrogen and oxygen atoms in total. The molecular formula is C14H22N2OS. The van der Waals surface area contributed by atoms with Gasteiger partial charge in [-0.25, -0.2) is 0 Å². The standard InChI is InChI=1S/C14H22N2OS/c1-3-12-10-16(7-8-18-12)11-5-6-13(15-9-11)14(17)4-2/h5-6,9,12,14,17H,3-4,7-8,10H2,1-2H3/t12?,14-/m0/s1. The molecule has 100 valence electrons. The van der Waals surface area contributed by atoms with Crippen molar-refractivity contribution >= 4 is 17.4 Å². The molecule has 0 aromatic carbocycles. The molecule has 1 aromatic heterocycles. The van der Waals surface area contributed by atoms with Gasteiger partial charge in [0.2, 0.25) is 0 Å². The van der Waals surface area contributed by atoms with Gasteiger partial charge in [-0.1, -0.05) is 13.8 Å². The van der Waals surface area contributed by atoms with E-state index in [1.54, 1.807) is 0 Å². The van der Waals surface area contributed by atoms with Gasteiger partial charge in [0, 0.05) is 24.1 Å². The number of hydrogen-bond acceptors (Lipinski definition) is 4. The third kappa shape index (κ3) is 3.18. The summed E-state index contributed by atoms with van der Waals surface area (Å²) in [6.07, 6.45) is 3.40. The van der Waals surface area contributed by atoms with Crippen molar-refractivity contribution in [1.29, 1.82) is 0 Å². The van der Waals surface area contributed by atoms with E-state index in [0.29, 0.717) is 6.42 Å². The SMILES string of the molecule is CCC1CN(c2ccc([C@@H](O)CC)nc2)CCS1. The zero-order valence-electron chi connectivity index (χ0n) is 11.2. The molecular weight excluding hydrogens is 244 g/mol. The van der Waals surface area contributed by atoms with Crippen molar-refractivity contribution in [2.24, 2.45) is 0 Å². The Morgan fingerprint density at radius 2 is 2.33 bits per heavy atom. The first-order chi connectivity index (χ1) is 8.74. The molecule has 0 bridgehead atoms. The smallest absolute Gasteiger partial charge is 0.0957 e. The van der Waals surface area contributed by atoms with Crippen LogP contribution in [0.1, 0.15) is 38.5 Å². The molecule has 1 unspecified atom stereocenters. The molecule has 1 aliphatic heterocycles. The summed E-state index contributed by atoms with van der Waals surface area (Å²) in [4.78, 5) is 6.78. The van der Waals surface area contributed by atoms with Gasteiger partial charge in [-0.3, -0.25) is 4.98 Å². The highest BCUT2D eigenvalue weighted by Gasteiger charge is 2.19. The quantitative estimate of drug-likeness (QED) is 0.909. The van der Waals surface area contributed by atoms with Crippen LogP contribution in [0.25, 0.3) is 0 Å². The lowest BCUT2D eigenvalue weighted by Crippen LogP contribution is -2.37. The van der Waals surface area contributed by atoms with E-state index >= 15 is 0 Å². The number of thioether (sulfide) groups is 1. The fourth-order valence-electron chi connectivity index (χ4n) is 2.19. The number of aliphatic hydroxyl groups excluding tert-OH is 1. The predicted octanol–water partition coefficient (Wildman–Crippen LogP) is 2.86. The molecule has 4 heteroatoms. The van der Waals surface area contributed by atoms with Gasteiger partial charge in [0.1, 0.15) is 0 Å². The number of rotatable bonds is 4. The lowest BCUT2D eigenvalue weighted by molar-refractivity contribution is 0.169. The molecule has 2 heterocycles. The van der Waals surface area contributed by atoms with E-state index in [0.717, 1.165) is 24.0 Å². The molecule has 0 aliphatic carbocycles. The Morgan fingerprint density at radius 3 is 2.94 bits per heavy atom. The summed E-state index contributed by atoms with van der Waals surface area (Å²) in [5.41, 5.74) is 1.96. The van der Waals surface area contributed by atoms with Crippen LogP contribution in [0.3, 0.4) is 0 Å². The van der Waals surface area contributed by atoms with E-state index in [1.165, 1.54) is 17.9 Å². The fourth-order valence-corrected chi connectivity index (χ4v) is 3.37. The number of aliphatic hydroxyl groups is 1. The van der Waals surface area contributed by atoms with Crippen molar-refractivity contribution in [3.63, 3.8) is 0 Å². The van der Waals surface area contributed by atoms with Gasteiger partial charge in [0.25, 0.3) is 0 Å². The Kier molecular flexibility index (Phi) is 4.89. The number of anilines is 1. The normalized spacial score (nSPS) is 21.9. The first-order valence-corrected chi connectivity index (χ1v) is 7.80. The minimum Gasteiger partial charge on any atom is -0.387 e. The third-order valence-corrected chi connectivity index (χ3v) is 4.83. The van der Waals surface area contributed by atoms with Crippen LogP contribution in [-0.4, -0.2) is 34.2 Å². The topological polar surface area (TPSA) is 36.4 Å². The maximum absolute atomic E-state index is 9.73. The third-order valence-electron chi connectivity index (χ3n) is 3.46. The molecule has 1 saturated heterocycles. The van der Waals surface area contributed by atoms with Gasteiger partial charge in [-0.05, 0) is 25.0 Å². The number of hydrogen-bond donors (Lipinski definition) is 1. The summed E-state index contributed by atoms with van der Waals surface area (Å²) in [7, 11) is 0. The van der Waals surface area contributed by atoms with Crippen LogP contribution in [0, 0.1) is 0 Å². The molecule has 18 heavy (non-hydrogen) atoms. The summed E-state index contributed by atoms with van der Waals surface area (Å²) in [6.45, 7) is 6.42. The van der Waals surface area contributed by atoms with Crippen molar-refractivity contribution in [3.8, 4) is 0 Å². The maximum atomic E-state index is 9.73. The summed E-state index contributed by atoms with van der Waals surface area (Å²) in [6, 6.07) is 4.04. The van der Waals surface area contributed by atoms with Gasteiger partial charge >= 0.3 is 0 Å². The van der Waals surface area contributed by atoms with E-state index < -0.39 is 6.10 Å². The molecule has 0 radical (unpaired) electrons. The number of nitrogens with zero attached hydrogens (tertiary/aromatic N) is 2. The first kappa shape index (κ1) is 13.7. The number of pyridine rings is 1. The Labute approximate surface area is 114 Å². The lowest BCUT2D eigenvalue weighted by Gasteiger charge is -2.33. The van der Waals surface area contributed by atoms with Crippen molar-refractivity contribution in [1.82, 2.24) is 4.98 Å². The molecule has 1 N–H and O–H groups in total. The monoisotopic (exact) mass is 266 g/mol. The highest BCUT2D eigenvalue weighted by atomic mass is 32.2. The zero-order valence-corrected chi connectivity index (χ0v) is 12.0.